The third kappa shape index (κ3) is 14.1. The second-order valence-electron chi connectivity index (χ2n) is 7.20. The molecule has 5 N–H and O–H groups in total. The lowest BCUT2D eigenvalue weighted by Crippen LogP contribution is -2.52. The fourth-order valence-corrected chi connectivity index (χ4v) is 2.59. The summed E-state index contributed by atoms with van der Waals surface area (Å²) >= 11 is 0. The van der Waals surface area contributed by atoms with Gasteiger partial charge in [0.05, 0.1) is 19.6 Å². The summed E-state index contributed by atoms with van der Waals surface area (Å²) in [4.78, 5) is 48.3. The van der Waals surface area contributed by atoms with E-state index in [9.17, 15) is 19.2 Å². The van der Waals surface area contributed by atoms with Crippen LogP contribution >= 0.6 is 0 Å². The minimum absolute atomic E-state index is 0.0374. The van der Waals surface area contributed by atoms with Crippen LogP contribution in [0.4, 0.5) is 0 Å². The van der Waals surface area contributed by atoms with Crippen LogP contribution in [0.3, 0.4) is 0 Å². The molecule has 1 unspecified atom stereocenters. The second kappa shape index (κ2) is 17.7. The molecule has 0 aliphatic heterocycles. The Balaban J connectivity index is 0.00000466. The second-order valence-corrected chi connectivity index (χ2v) is 7.20. The van der Waals surface area contributed by atoms with Crippen LogP contribution in [-0.2, 0) is 25.6 Å². The van der Waals surface area contributed by atoms with Gasteiger partial charge in [-0.15, -0.1) is 0 Å². The summed E-state index contributed by atoms with van der Waals surface area (Å²) in [5, 5.41) is 13.3. The van der Waals surface area contributed by atoms with Gasteiger partial charge in [-0.05, 0) is 32.4 Å². The third-order valence-electron chi connectivity index (χ3n) is 3.97. The normalized spacial score (nSPS) is 10.9. The van der Waals surface area contributed by atoms with Crippen LogP contribution in [0.5, 0.6) is 0 Å². The molecule has 32 heavy (non-hydrogen) atoms. The lowest BCUT2D eigenvalue weighted by Gasteiger charge is -2.19. The molecule has 0 bridgehead atoms. The molecule has 0 saturated carbocycles. The predicted octanol–water partition coefficient (Wildman–Crippen LogP) is 0.497. The van der Waals surface area contributed by atoms with Gasteiger partial charge in [-0.2, -0.15) is 0 Å². The molecule has 0 fully saturated rings. The molecular formula is C23H39N5O4. The monoisotopic (exact) mass is 449 g/mol. The molecule has 0 aliphatic carbocycles. The number of nitrogens with one attached hydrogen (secondary N) is 5. The number of benzene rings is 1. The number of hydrogen-bond donors (Lipinski definition) is 5. The van der Waals surface area contributed by atoms with Crippen molar-refractivity contribution in [2.45, 2.75) is 59.5 Å². The van der Waals surface area contributed by atoms with Gasteiger partial charge in [0.15, 0.2) is 0 Å². The van der Waals surface area contributed by atoms with E-state index >= 15 is 0 Å². The Morgan fingerprint density at radius 2 is 1.41 bits per heavy atom. The van der Waals surface area contributed by atoms with Crippen LogP contribution < -0.4 is 26.6 Å². The number of rotatable bonds is 13. The minimum atomic E-state index is -0.873. The maximum Gasteiger partial charge on any atom is 0.243 e. The summed E-state index contributed by atoms with van der Waals surface area (Å²) in [5.41, 5.74) is 0.859. The summed E-state index contributed by atoms with van der Waals surface area (Å²) in [6, 6.07) is 8.32. The smallest absolute Gasteiger partial charge is 0.243 e. The lowest BCUT2D eigenvalue weighted by molar-refractivity contribution is -0.130. The molecule has 0 saturated heterocycles. The molecular weight excluding hydrogens is 410 g/mol. The first kappa shape index (κ1) is 29.1. The highest BCUT2D eigenvalue weighted by atomic mass is 16.2. The van der Waals surface area contributed by atoms with E-state index in [0.29, 0.717) is 6.54 Å². The molecule has 1 atom stereocenters. The Morgan fingerprint density at radius 1 is 0.812 bits per heavy atom. The van der Waals surface area contributed by atoms with Crippen molar-refractivity contribution >= 4 is 23.6 Å². The third-order valence-corrected chi connectivity index (χ3v) is 3.97. The van der Waals surface area contributed by atoms with Crippen molar-refractivity contribution in [1.82, 2.24) is 26.6 Å². The molecule has 0 radical (unpaired) electrons. The molecule has 0 spiro atoms. The van der Waals surface area contributed by atoms with Crippen molar-refractivity contribution in [3.05, 3.63) is 35.9 Å². The van der Waals surface area contributed by atoms with Crippen LogP contribution in [0.15, 0.2) is 30.3 Å². The van der Waals surface area contributed by atoms with Gasteiger partial charge in [-0.3, -0.25) is 19.2 Å². The summed E-state index contributed by atoms with van der Waals surface area (Å²) in [6.45, 7) is 10.1. The Bertz CT molecular complexity index is 695. The van der Waals surface area contributed by atoms with Gasteiger partial charge < -0.3 is 26.6 Å². The van der Waals surface area contributed by atoms with E-state index in [1.165, 1.54) is 0 Å². The number of carbonyl (C=O) groups excluding carboxylic acids is 4. The van der Waals surface area contributed by atoms with Crippen LogP contribution in [0.2, 0.25) is 0 Å². The molecule has 1 aromatic rings. The molecule has 4 amide bonds. The Kier molecular flexibility index (Phi) is 16.1. The fraction of sp³-hybridized carbons (Fsp3) is 0.565. The van der Waals surface area contributed by atoms with Crippen molar-refractivity contribution in [1.29, 1.82) is 0 Å². The van der Waals surface area contributed by atoms with Crippen LogP contribution in [-0.4, -0.2) is 61.9 Å². The van der Waals surface area contributed by atoms with Crippen molar-refractivity contribution in [3.63, 3.8) is 0 Å². The average Bonchev–Trinajstić information content (AvgIpc) is 2.77. The highest BCUT2D eigenvalue weighted by molar-refractivity contribution is 5.92. The van der Waals surface area contributed by atoms with Crippen LogP contribution in [0.1, 0.15) is 46.6 Å². The first-order valence-corrected chi connectivity index (χ1v) is 11.2. The largest absolute Gasteiger partial charge is 0.352 e. The van der Waals surface area contributed by atoms with E-state index in [-0.39, 0.29) is 43.9 Å². The molecule has 0 aromatic heterocycles. The molecule has 0 aliphatic rings. The van der Waals surface area contributed by atoms with E-state index in [1.807, 2.05) is 65.0 Å². The minimum Gasteiger partial charge on any atom is -0.352 e. The molecule has 9 nitrogen and oxygen atoms in total. The quantitative estimate of drug-likeness (QED) is 0.280. The van der Waals surface area contributed by atoms with Crippen LogP contribution in [0, 0.1) is 0 Å². The van der Waals surface area contributed by atoms with E-state index in [1.54, 1.807) is 0 Å². The van der Waals surface area contributed by atoms with Crippen LogP contribution in [0.25, 0.3) is 0 Å². The zero-order valence-corrected chi connectivity index (χ0v) is 19.9. The SMILES string of the molecule is CC.CCCNCC(=O)NCC(=O)NC(Cc1ccccc1)C(=O)NCC(=O)NC(C)C. The van der Waals surface area contributed by atoms with E-state index in [0.717, 1.165) is 12.0 Å². The Labute approximate surface area is 191 Å². The molecule has 1 aromatic carbocycles. The average molecular weight is 450 g/mol. The van der Waals surface area contributed by atoms with Crippen molar-refractivity contribution in [2.75, 3.05) is 26.2 Å². The first-order valence-electron chi connectivity index (χ1n) is 11.2. The maximum absolute atomic E-state index is 12.6. The van der Waals surface area contributed by atoms with Crippen molar-refractivity contribution in [2.24, 2.45) is 0 Å². The summed E-state index contributed by atoms with van der Waals surface area (Å²) < 4.78 is 0. The van der Waals surface area contributed by atoms with E-state index in [4.69, 9.17) is 0 Å². The summed E-state index contributed by atoms with van der Waals surface area (Å²) in [6.07, 6.45) is 1.16. The van der Waals surface area contributed by atoms with Gasteiger partial charge in [0.25, 0.3) is 0 Å². The zero-order chi connectivity index (χ0) is 24.4. The van der Waals surface area contributed by atoms with E-state index < -0.39 is 17.9 Å². The fourth-order valence-electron chi connectivity index (χ4n) is 2.59. The van der Waals surface area contributed by atoms with Crippen molar-refractivity contribution in [3.8, 4) is 0 Å². The van der Waals surface area contributed by atoms with Gasteiger partial charge in [0.1, 0.15) is 6.04 Å². The highest BCUT2D eigenvalue weighted by Crippen LogP contribution is 2.03. The predicted molar refractivity (Wildman–Crippen MR) is 126 cm³/mol. The van der Waals surface area contributed by atoms with E-state index in [2.05, 4.69) is 26.6 Å². The highest BCUT2D eigenvalue weighted by Gasteiger charge is 2.22. The summed E-state index contributed by atoms with van der Waals surface area (Å²) in [7, 11) is 0. The summed E-state index contributed by atoms with van der Waals surface area (Å²) in [5.74, 6) is -1.56. The molecule has 1 rings (SSSR count). The van der Waals surface area contributed by atoms with Gasteiger partial charge in [-0.25, -0.2) is 0 Å². The molecule has 0 heterocycles. The standard InChI is InChI=1S/C21H33N5O4.C2H6/c1-4-10-22-12-18(27)23-13-20(29)26-17(11-16-8-6-5-7-9-16)21(30)24-14-19(28)25-15(2)3;1-2/h5-9,15,17,22H,4,10-14H2,1-3H3,(H,23,27)(H,24,30)(H,25,28)(H,26,29);1-2H3. The topological polar surface area (TPSA) is 128 Å². The lowest BCUT2D eigenvalue weighted by atomic mass is 10.1. The Hall–Kier alpha value is -2.94. The first-order chi connectivity index (χ1) is 15.3. The number of carbonyl (C=O) groups is 4. The van der Waals surface area contributed by atoms with Gasteiger partial charge in [0, 0.05) is 12.5 Å². The van der Waals surface area contributed by atoms with Gasteiger partial charge in [-0.1, -0.05) is 51.1 Å². The maximum atomic E-state index is 12.6. The number of hydrogen-bond acceptors (Lipinski definition) is 5. The number of amides is 4. The molecule has 180 valence electrons. The van der Waals surface area contributed by atoms with Gasteiger partial charge in [0.2, 0.25) is 23.6 Å². The molecule has 9 heteroatoms. The van der Waals surface area contributed by atoms with Gasteiger partial charge >= 0.3 is 0 Å². The van der Waals surface area contributed by atoms with Crippen molar-refractivity contribution < 1.29 is 19.2 Å². The zero-order valence-electron chi connectivity index (χ0n) is 19.9. The Morgan fingerprint density at radius 3 is 2.00 bits per heavy atom.